The largest absolute Gasteiger partial charge is 0.508 e. The summed E-state index contributed by atoms with van der Waals surface area (Å²) in [5.41, 5.74) is 2.14. The Kier molecular flexibility index (Phi) is 4.96. The van der Waals surface area contributed by atoms with Crippen LogP contribution in [0.2, 0.25) is 0 Å². The van der Waals surface area contributed by atoms with Crippen LogP contribution in [0.4, 0.5) is 0 Å². The van der Waals surface area contributed by atoms with Crippen LogP contribution in [0.25, 0.3) is 0 Å². The monoisotopic (exact) mass is 372 g/mol. The number of rotatable bonds is 4. The minimum atomic E-state index is -0.512. The molecular weight excluding hydrogens is 340 g/mol. The molecule has 3 aliphatic rings. The molecule has 1 aromatic rings. The second kappa shape index (κ2) is 7.12. The zero-order chi connectivity index (χ0) is 19.2. The molecule has 4 heteroatoms. The van der Waals surface area contributed by atoms with Crippen LogP contribution in [0.5, 0.6) is 5.75 Å². The number of benzene rings is 1. The molecule has 4 rings (SSSR count). The van der Waals surface area contributed by atoms with Gasteiger partial charge in [-0.2, -0.15) is 0 Å². The third-order valence-electron chi connectivity index (χ3n) is 7.68. The van der Waals surface area contributed by atoms with Crippen molar-refractivity contribution in [2.75, 3.05) is 0 Å². The Morgan fingerprint density at radius 2 is 2.07 bits per heavy atom. The fourth-order valence-corrected chi connectivity index (χ4v) is 6.26. The van der Waals surface area contributed by atoms with Crippen molar-refractivity contribution in [3.63, 3.8) is 0 Å². The molecule has 0 heterocycles. The number of hydrogen-bond acceptors (Lipinski definition) is 4. The van der Waals surface area contributed by atoms with Crippen molar-refractivity contribution in [1.82, 2.24) is 0 Å². The Morgan fingerprint density at radius 3 is 2.85 bits per heavy atom. The number of aliphatic hydroxyl groups is 1. The van der Waals surface area contributed by atoms with Crippen LogP contribution in [0.15, 0.2) is 18.2 Å². The van der Waals surface area contributed by atoms with Crippen molar-refractivity contribution in [3.8, 4) is 5.75 Å². The summed E-state index contributed by atoms with van der Waals surface area (Å²) in [7, 11) is 0. The minimum absolute atomic E-state index is 0.0196. The number of fused-ring (bicyclic) bond motifs is 5. The number of phenolic OH excluding ortho intramolecular Hbond substituents is 1. The predicted molar refractivity (Wildman–Crippen MR) is 103 cm³/mol. The van der Waals surface area contributed by atoms with Crippen LogP contribution in [-0.4, -0.2) is 22.3 Å². The number of carbonyl (C=O) groups excluding carboxylic acids is 1. The van der Waals surface area contributed by atoms with Gasteiger partial charge in [-0.1, -0.05) is 26.3 Å². The highest BCUT2D eigenvalue weighted by Gasteiger charge is 2.57. The van der Waals surface area contributed by atoms with Crippen LogP contribution in [0.1, 0.15) is 88.4 Å². The summed E-state index contributed by atoms with van der Waals surface area (Å²) in [5, 5.41) is 20.6. The molecule has 4 nitrogen and oxygen atoms in total. The highest BCUT2D eigenvalue weighted by molar-refractivity contribution is 5.69. The van der Waals surface area contributed by atoms with E-state index in [1.807, 2.05) is 6.07 Å². The molecule has 2 saturated carbocycles. The summed E-state index contributed by atoms with van der Waals surface area (Å²) >= 11 is 0. The second-order valence-corrected chi connectivity index (χ2v) is 9.15. The van der Waals surface area contributed by atoms with Crippen LogP contribution in [-0.2, 0) is 9.53 Å². The zero-order valence-electron chi connectivity index (χ0n) is 16.5. The van der Waals surface area contributed by atoms with E-state index in [9.17, 15) is 15.0 Å². The molecular formula is C23H32O4. The molecule has 0 radical (unpaired) electrons. The maximum Gasteiger partial charge on any atom is 0.306 e. The quantitative estimate of drug-likeness (QED) is 0.742. The summed E-state index contributed by atoms with van der Waals surface area (Å²) in [5.74, 6) is 1.53. The van der Waals surface area contributed by atoms with Crippen LogP contribution >= 0.6 is 0 Å². The molecule has 0 aromatic heterocycles. The molecule has 0 unspecified atom stereocenters. The van der Waals surface area contributed by atoms with Gasteiger partial charge >= 0.3 is 5.97 Å². The highest BCUT2D eigenvalue weighted by Crippen LogP contribution is 2.62. The van der Waals surface area contributed by atoms with Crippen LogP contribution in [0, 0.1) is 17.3 Å². The topological polar surface area (TPSA) is 66.8 Å². The molecule has 0 amide bonds. The molecule has 0 bridgehead atoms. The number of unbranched alkanes of at least 4 members (excludes halogenated alkanes) is 1. The lowest BCUT2D eigenvalue weighted by Crippen LogP contribution is -2.45. The molecule has 2 N–H and O–H groups in total. The fraction of sp³-hybridized carbons (Fsp3) is 0.696. The molecule has 2 fully saturated rings. The second-order valence-electron chi connectivity index (χ2n) is 9.15. The Hall–Kier alpha value is -1.55. The molecule has 6 atom stereocenters. The van der Waals surface area contributed by atoms with Gasteiger partial charge in [-0.05, 0) is 79.5 Å². The molecule has 0 saturated heterocycles. The Labute approximate surface area is 161 Å². The molecule has 1 aromatic carbocycles. The van der Waals surface area contributed by atoms with Crippen molar-refractivity contribution in [2.24, 2.45) is 17.3 Å². The smallest absolute Gasteiger partial charge is 0.306 e. The first-order valence-corrected chi connectivity index (χ1v) is 10.6. The minimum Gasteiger partial charge on any atom is -0.508 e. The third-order valence-corrected chi connectivity index (χ3v) is 7.68. The van der Waals surface area contributed by atoms with Gasteiger partial charge < -0.3 is 14.9 Å². The number of ether oxygens (including phenoxy) is 1. The lowest BCUT2D eigenvalue weighted by molar-refractivity contribution is -0.158. The lowest BCUT2D eigenvalue weighted by Gasteiger charge is -2.51. The van der Waals surface area contributed by atoms with Gasteiger partial charge in [0.15, 0.2) is 0 Å². The van der Waals surface area contributed by atoms with Crippen molar-refractivity contribution in [3.05, 3.63) is 29.3 Å². The average Bonchev–Trinajstić information content (AvgIpc) is 2.97. The molecule has 27 heavy (non-hydrogen) atoms. The summed E-state index contributed by atoms with van der Waals surface area (Å²) in [6.07, 6.45) is 6.82. The van der Waals surface area contributed by atoms with Crippen LogP contribution in [0.3, 0.4) is 0 Å². The highest BCUT2D eigenvalue weighted by atomic mass is 16.5. The van der Waals surface area contributed by atoms with E-state index in [0.717, 1.165) is 50.5 Å². The maximum atomic E-state index is 12.2. The predicted octanol–water partition coefficient (Wildman–Crippen LogP) is 4.84. The van der Waals surface area contributed by atoms with E-state index in [-0.39, 0.29) is 23.2 Å². The van der Waals surface area contributed by atoms with Gasteiger partial charge in [-0.3, -0.25) is 4.79 Å². The van der Waals surface area contributed by atoms with Gasteiger partial charge in [-0.15, -0.1) is 0 Å². The first-order chi connectivity index (χ1) is 12.9. The standard InChI is InChI=1S/C23H32O4/c1-3-4-5-22(26)27-21-9-8-19-17-13-20(25)18-12-14(24)6-7-15(18)16(17)10-11-23(19,21)2/h6-7,12,16-17,19-21,24-25H,3-5,8-11,13H2,1-2H3/t16-,17-,19+,20-,21+,23+/m1/s1. The fourth-order valence-electron chi connectivity index (χ4n) is 6.26. The van der Waals surface area contributed by atoms with Crippen molar-refractivity contribution in [1.29, 1.82) is 0 Å². The Balaban J connectivity index is 1.55. The van der Waals surface area contributed by atoms with E-state index in [1.165, 1.54) is 5.56 Å². The third kappa shape index (κ3) is 3.16. The zero-order valence-corrected chi connectivity index (χ0v) is 16.5. The molecule has 148 valence electrons. The van der Waals surface area contributed by atoms with Gasteiger partial charge in [0.2, 0.25) is 0 Å². The number of carbonyl (C=O) groups is 1. The summed E-state index contributed by atoms with van der Waals surface area (Å²) in [6.45, 7) is 4.39. The summed E-state index contributed by atoms with van der Waals surface area (Å²) in [6, 6.07) is 5.48. The summed E-state index contributed by atoms with van der Waals surface area (Å²) in [4.78, 5) is 12.2. The van der Waals surface area contributed by atoms with Gasteiger partial charge in [0.05, 0.1) is 6.10 Å². The van der Waals surface area contributed by atoms with Crippen molar-refractivity contribution < 1.29 is 19.7 Å². The number of phenols is 1. The van der Waals surface area contributed by atoms with E-state index >= 15 is 0 Å². The number of hydrogen-bond donors (Lipinski definition) is 2. The van der Waals surface area contributed by atoms with E-state index < -0.39 is 6.10 Å². The van der Waals surface area contributed by atoms with Gasteiger partial charge in [0.1, 0.15) is 11.9 Å². The molecule has 3 aliphatic carbocycles. The Bertz CT molecular complexity index is 714. The van der Waals surface area contributed by atoms with E-state index in [4.69, 9.17) is 4.74 Å². The number of aromatic hydroxyl groups is 1. The van der Waals surface area contributed by atoms with Gasteiger partial charge in [0.25, 0.3) is 0 Å². The first kappa shape index (κ1) is 18.8. The van der Waals surface area contributed by atoms with Crippen molar-refractivity contribution in [2.45, 2.75) is 83.3 Å². The number of esters is 1. The Morgan fingerprint density at radius 1 is 1.26 bits per heavy atom. The summed E-state index contributed by atoms with van der Waals surface area (Å²) < 4.78 is 5.94. The molecule has 0 spiro atoms. The normalized spacial score (nSPS) is 37.2. The molecule has 0 aliphatic heterocycles. The van der Waals surface area contributed by atoms with Crippen LogP contribution < -0.4 is 0 Å². The van der Waals surface area contributed by atoms with E-state index in [1.54, 1.807) is 12.1 Å². The van der Waals surface area contributed by atoms with Crippen molar-refractivity contribution >= 4 is 5.97 Å². The van der Waals surface area contributed by atoms with Gasteiger partial charge in [0, 0.05) is 11.8 Å². The SMILES string of the molecule is CCCCC(=O)O[C@H]1CC[C@H]2[C@@H]3C[C@@H](O)c4cc(O)ccc4[C@H]3CC[C@]12C. The lowest BCUT2D eigenvalue weighted by atomic mass is 9.55. The average molecular weight is 373 g/mol. The van der Waals surface area contributed by atoms with E-state index in [2.05, 4.69) is 13.8 Å². The maximum absolute atomic E-state index is 12.2. The number of aliphatic hydroxyl groups excluding tert-OH is 1. The van der Waals surface area contributed by atoms with E-state index in [0.29, 0.717) is 24.2 Å². The van der Waals surface area contributed by atoms with Gasteiger partial charge in [-0.25, -0.2) is 0 Å². The first-order valence-electron chi connectivity index (χ1n) is 10.6.